The zero-order valence-electron chi connectivity index (χ0n) is 9.10. The highest BCUT2D eigenvalue weighted by Gasteiger charge is 2.57. The molecule has 82 valence electrons. The van der Waals surface area contributed by atoms with Crippen molar-refractivity contribution in [3.63, 3.8) is 0 Å². The largest absolute Gasteiger partial charge is 0.370 e. The van der Waals surface area contributed by atoms with Gasteiger partial charge in [-0.25, -0.2) is 4.98 Å². The second-order valence-electron chi connectivity index (χ2n) is 5.18. The molecule has 0 aliphatic heterocycles. The average molecular weight is 214 g/mol. The molecule has 3 aliphatic carbocycles. The highest BCUT2D eigenvalue weighted by molar-refractivity contribution is 5.40. The van der Waals surface area contributed by atoms with Crippen molar-refractivity contribution in [2.24, 2.45) is 5.92 Å². The first kappa shape index (κ1) is 8.76. The Kier molecular flexibility index (Phi) is 1.56. The number of nitrogens with zero attached hydrogens (tertiary/aromatic N) is 2. The van der Waals surface area contributed by atoms with Crippen LogP contribution in [-0.2, 0) is 11.3 Å². The first-order valence-electron chi connectivity index (χ1n) is 5.89. The summed E-state index contributed by atoms with van der Waals surface area (Å²) in [6.45, 7) is 0.732. The van der Waals surface area contributed by atoms with Crippen LogP contribution in [-0.4, -0.2) is 15.0 Å². The molecule has 0 amide bonds. The van der Waals surface area contributed by atoms with E-state index in [9.17, 15) is 0 Å². The van der Waals surface area contributed by atoms with Crippen LogP contribution >= 0.6 is 0 Å². The molecule has 2 heterocycles. The minimum absolute atomic E-state index is 0.270. The molecule has 3 saturated carbocycles. The Labute approximate surface area is 94.1 Å². The summed E-state index contributed by atoms with van der Waals surface area (Å²) < 4.78 is 8.02. The molecule has 5 rings (SSSR count). The number of hydrogen-bond acceptors (Lipinski definition) is 2. The molecular weight excluding hydrogens is 200 g/mol. The lowest BCUT2D eigenvalue weighted by Gasteiger charge is -2.60. The fourth-order valence-corrected chi connectivity index (χ4v) is 2.85. The lowest BCUT2D eigenvalue weighted by atomic mass is 9.52. The predicted molar refractivity (Wildman–Crippen MR) is 60.1 cm³/mol. The van der Waals surface area contributed by atoms with Crippen LogP contribution in [0.2, 0.25) is 0 Å². The molecule has 2 bridgehead atoms. The van der Waals surface area contributed by atoms with E-state index in [1.165, 1.54) is 24.8 Å². The summed E-state index contributed by atoms with van der Waals surface area (Å²) in [5, 5.41) is 0. The van der Waals surface area contributed by atoms with Gasteiger partial charge in [0.1, 0.15) is 5.65 Å². The number of hydrogen-bond donors (Lipinski definition) is 0. The molecule has 16 heavy (non-hydrogen) atoms. The van der Waals surface area contributed by atoms with E-state index >= 15 is 0 Å². The van der Waals surface area contributed by atoms with Gasteiger partial charge in [-0.05, 0) is 42.9 Å². The van der Waals surface area contributed by atoms with Crippen LogP contribution in [0.4, 0.5) is 0 Å². The quantitative estimate of drug-likeness (QED) is 0.784. The Morgan fingerprint density at radius 3 is 3.00 bits per heavy atom. The molecule has 2 aromatic heterocycles. The van der Waals surface area contributed by atoms with Crippen molar-refractivity contribution in [2.45, 2.75) is 31.5 Å². The third-order valence-electron chi connectivity index (χ3n) is 3.99. The van der Waals surface area contributed by atoms with Gasteiger partial charge in [-0.3, -0.25) is 0 Å². The van der Waals surface area contributed by atoms with Gasteiger partial charge in [-0.2, -0.15) is 0 Å². The minimum Gasteiger partial charge on any atom is -0.370 e. The molecule has 0 atom stereocenters. The van der Waals surface area contributed by atoms with E-state index in [1.54, 1.807) is 0 Å². The van der Waals surface area contributed by atoms with Gasteiger partial charge in [0.15, 0.2) is 0 Å². The fraction of sp³-hybridized carbons (Fsp3) is 0.462. The topological polar surface area (TPSA) is 26.5 Å². The molecule has 3 heteroatoms. The van der Waals surface area contributed by atoms with Gasteiger partial charge < -0.3 is 9.14 Å². The molecule has 3 nitrogen and oxygen atoms in total. The molecule has 0 saturated heterocycles. The van der Waals surface area contributed by atoms with Crippen molar-refractivity contribution >= 4 is 5.65 Å². The third-order valence-corrected chi connectivity index (χ3v) is 3.99. The van der Waals surface area contributed by atoms with Crippen LogP contribution in [0, 0.1) is 5.92 Å². The van der Waals surface area contributed by atoms with Gasteiger partial charge in [0.05, 0.1) is 12.2 Å². The van der Waals surface area contributed by atoms with E-state index in [0.717, 1.165) is 18.2 Å². The number of imidazole rings is 1. The number of ether oxygens (including phenoxy) is 1. The van der Waals surface area contributed by atoms with Gasteiger partial charge in [0.25, 0.3) is 0 Å². The van der Waals surface area contributed by atoms with Crippen LogP contribution in [0.15, 0.2) is 30.7 Å². The second-order valence-corrected chi connectivity index (χ2v) is 5.18. The van der Waals surface area contributed by atoms with Gasteiger partial charge >= 0.3 is 0 Å². The van der Waals surface area contributed by atoms with Gasteiger partial charge in [-0.15, -0.1) is 0 Å². The van der Waals surface area contributed by atoms with E-state index in [4.69, 9.17) is 4.74 Å². The Morgan fingerprint density at radius 1 is 1.38 bits per heavy atom. The Hall–Kier alpha value is -1.35. The summed E-state index contributed by atoms with van der Waals surface area (Å²) in [6.07, 6.45) is 9.70. The maximum Gasteiger partial charge on any atom is 0.136 e. The molecule has 0 spiro atoms. The van der Waals surface area contributed by atoms with Gasteiger partial charge in [-0.1, -0.05) is 0 Å². The Morgan fingerprint density at radius 2 is 2.25 bits per heavy atom. The average Bonchev–Trinajstić information content (AvgIpc) is 2.60. The first-order valence-corrected chi connectivity index (χ1v) is 5.89. The monoisotopic (exact) mass is 214 g/mol. The van der Waals surface area contributed by atoms with Crippen LogP contribution in [0.5, 0.6) is 0 Å². The summed E-state index contributed by atoms with van der Waals surface area (Å²) in [5.74, 6) is 0.981. The third kappa shape index (κ3) is 1.15. The van der Waals surface area contributed by atoms with Crippen molar-refractivity contribution in [1.29, 1.82) is 0 Å². The van der Waals surface area contributed by atoms with E-state index in [0.29, 0.717) is 0 Å². The van der Waals surface area contributed by atoms with E-state index < -0.39 is 0 Å². The number of pyridine rings is 1. The molecule has 0 radical (unpaired) electrons. The molecule has 2 aromatic rings. The second kappa shape index (κ2) is 2.86. The van der Waals surface area contributed by atoms with Crippen molar-refractivity contribution in [3.8, 4) is 0 Å². The molecule has 0 N–H and O–H groups in total. The van der Waals surface area contributed by atoms with Crippen LogP contribution in [0.3, 0.4) is 0 Å². The zero-order valence-corrected chi connectivity index (χ0v) is 9.10. The van der Waals surface area contributed by atoms with Crippen molar-refractivity contribution in [1.82, 2.24) is 9.38 Å². The van der Waals surface area contributed by atoms with Gasteiger partial charge in [0.2, 0.25) is 0 Å². The van der Waals surface area contributed by atoms with Crippen molar-refractivity contribution in [2.75, 3.05) is 0 Å². The SMILES string of the molecule is c1cn2ccc(COC34CC(C3)C4)cc2n1. The van der Waals surface area contributed by atoms with Crippen LogP contribution in [0.1, 0.15) is 24.8 Å². The fourth-order valence-electron chi connectivity index (χ4n) is 2.85. The highest BCUT2D eigenvalue weighted by Crippen LogP contribution is 2.59. The highest BCUT2D eigenvalue weighted by atomic mass is 16.5. The van der Waals surface area contributed by atoms with Crippen LogP contribution in [0.25, 0.3) is 5.65 Å². The smallest absolute Gasteiger partial charge is 0.136 e. The van der Waals surface area contributed by atoms with Crippen molar-refractivity contribution < 1.29 is 4.74 Å². The first-order chi connectivity index (χ1) is 7.83. The lowest BCUT2D eigenvalue weighted by molar-refractivity contribution is -0.232. The summed E-state index contributed by atoms with van der Waals surface area (Å²) >= 11 is 0. The lowest BCUT2D eigenvalue weighted by Crippen LogP contribution is -2.59. The molecule has 0 aromatic carbocycles. The number of aromatic nitrogens is 2. The van der Waals surface area contributed by atoms with E-state index in [-0.39, 0.29) is 5.60 Å². The predicted octanol–water partition coefficient (Wildman–Crippen LogP) is 2.40. The van der Waals surface area contributed by atoms with Crippen LogP contribution < -0.4 is 0 Å². The molecule has 3 fully saturated rings. The van der Waals surface area contributed by atoms with E-state index in [1.807, 2.05) is 23.0 Å². The summed E-state index contributed by atoms with van der Waals surface area (Å²) in [5.41, 5.74) is 2.49. The maximum absolute atomic E-state index is 6.01. The summed E-state index contributed by atoms with van der Waals surface area (Å²) in [4.78, 5) is 4.28. The normalized spacial score (nSPS) is 31.1. The minimum atomic E-state index is 0.270. The van der Waals surface area contributed by atoms with Gasteiger partial charge in [0, 0.05) is 18.6 Å². The zero-order chi connectivity index (χ0) is 10.6. The Balaban J connectivity index is 1.52. The molecule has 3 aliphatic rings. The summed E-state index contributed by atoms with van der Waals surface area (Å²) in [6, 6.07) is 4.21. The van der Waals surface area contributed by atoms with E-state index in [2.05, 4.69) is 17.1 Å². The Bertz CT molecular complexity index is 529. The maximum atomic E-state index is 6.01. The summed E-state index contributed by atoms with van der Waals surface area (Å²) in [7, 11) is 0. The number of fused-ring (bicyclic) bond motifs is 1. The molecule has 0 unspecified atom stereocenters. The number of rotatable bonds is 3. The van der Waals surface area contributed by atoms with Crippen molar-refractivity contribution in [3.05, 3.63) is 36.3 Å². The standard InChI is InChI=1S/C13H14N2O/c1-3-15-4-2-14-12(15)5-10(1)9-16-13-6-11(7-13)8-13/h1-5,11H,6-9H2. The molecular formula is C13H14N2O.